The van der Waals surface area contributed by atoms with Gasteiger partial charge in [-0.25, -0.2) is 9.59 Å². The molecule has 0 spiro atoms. The molecule has 63 heavy (non-hydrogen) atoms. The Bertz CT molecular complexity index is 2650. The van der Waals surface area contributed by atoms with Crippen LogP contribution in [0.15, 0.2) is 102 Å². The first kappa shape index (κ1) is 44.8. The first-order chi connectivity index (χ1) is 30.7. The lowest BCUT2D eigenvalue weighted by Gasteiger charge is -2.28. The minimum absolute atomic E-state index is 0.292. The second kappa shape index (κ2) is 21.2. The Balaban J connectivity index is 1.22. The third-order valence-corrected chi connectivity index (χ3v) is 14.8. The zero-order valence-electron chi connectivity index (χ0n) is 34.9. The third-order valence-electron chi connectivity index (χ3n) is 10.2. The smallest absolute Gasteiger partial charge is 0.346 e. The molecule has 0 radical (unpaired) electrons. The lowest BCUT2D eigenvalue weighted by atomic mass is 10.1. The number of hydrogen-bond donors (Lipinski definition) is 2. The van der Waals surface area contributed by atoms with E-state index in [2.05, 4.69) is 85.5 Å². The number of ether oxygens (including phenoxy) is 2. The van der Waals surface area contributed by atoms with Crippen molar-refractivity contribution in [1.29, 1.82) is 10.5 Å². The van der Waals surface area contributed by atoms with Gasteiger partial charge in [0.2, 0.25) is 0 Å². The summed E-state index contributed by atoms with van der Waals surface area (Å²) >= 11 is 6.16. The van der Waals surface area contributed by atoms with Crippen molar-refractivity contribution in [3.05, 3.63) is 112 Å². The summed E-state index contributed by atoms with van der Waals surface area (Å²) in [5.41, 5.74) is 4.27. The highest BCUT2D eigenvalue weighted by atomic mass is 32.1. The van der Waals surface area contributed by atoms with Crippen LogP contribution in [0.5, 0.6) is 11.5 Å². The molecule has 0 amide bonds. The molecular formula is C50H45N3O6S4. The molecule has 7 aromatic rings. The molecule has 2 N–H and O–H groups in total. The highest BCUT2D eigenvalue weighted by Crippen LogP contribution is 2.45. The third kappa shape index (κ3) is 11.1. The molecule has 0 aliphatic heterocycles. The van der Waals surface area contributed by atoms with Gasteiger partial charge >= 0.3 is 11.9 Å². The molecule has 7 rings (SSSR count). The molecule has 0 fully saturated rings. The largest absolute Gasteiger partial charge is 0.493 e. The number of nitrogens with zero attached hydrogens (tertiary/aromatic N) is 3. The van der Waals surface area contributed by atoms with Crippen LogP contribution >= 0.6 is 45.3 Å². The van der Waals surface area contributed by atoms with Crippen molar-refractivity contribution in [2.75, 3.05) is 18.1 Å². The molecule has 0 aliphatic carbocycles. The van der Waals surface area contributed by atoms with Gasteiger partial charge in [0, 0.05) is 55.7 Å². The number of hydrogen-bond acceptors (Lipinski definition) is 11. The summed E-state index contributed by atoms with van der Waals surface area (Å²) in [6.07, 6.45) is 11.6. The molecule has 0 atom stereocenters. The van der Waals surface area contributed by atoms with E-state index in [-0.39, 0.29) is 11.1 Å². The SMILES string of the molecule is CCCCCCOc1ccc(N(c2ccc(-c3cc4sc(/C=C(\C#N)C(=O)O)cc4s3)cc2)c2ccc(-c3cc4sc(/C=C(\C#N)C(=O)O)cc4s3)cc2)c(OCCCCCC)c1. The number of unbranched alkanes of at least 4 members (excludes halogenated alkanes) is 6. The molecule has 0 bridgehead atoms. The highest BCUT2D eigenvalue weighted by Gasteiger charge is 2.20. The second-order valence-electron chi connectivity index (χ2n) is 14.8. The fraction of sp³-hybridized carbons (Fsp3) is 0.240. The average Bonchev–Trinajstić information content (AvgIpc) is 4.06. The predicted octanol–water partition coefficient (Wildman–Crippen LogP) is 14.9. The molecule has 0 unspecified atom stereocenters. The fourth-order valence-corrected chi connectivity index (χ4v) is 11.7. The van der Waals surface area contributed by atoms with Gasteiger partial charge < -0.3 is 24.6 Å². The molecule has 4 heterocycles. The van der Waals surface area contributed by atoms with E-state index in [0.29, 0.717) is 13.2 Å². The number of carboxylic acid groups (broad SMARTS) is 2. The summed E-state index contributed by atoms with van der Waals surface area (Å²) < 4.78 is 17.0. The Hall–Kier alpha value is -6.22. The van der Waals surface area contributed by atoms with Crippen molar-refractivity contribution < 1.29 is 29.3 Å². The van der Waals surface area contributed by atoms with Crippen LogP contribution in [-0.4, -0.2) is 35.4 Å². The number of benzene rings is 3. The van der Waals surface area contributed by atoms with Gasteiger partial charge in [0.15, 0.2) is 0 Å². The summed E-state index contributed by atoms with van der Waals surface area (Å²) in [7, 11) is 0. The molecule has 0 aliphatic rings. The maximum atomic E-state index is 11.4. The van der Waals surface area contributed by atoms with E-state index < -0.39 is 11.9 Å². The molecule has 0 saturated heterocycles. The predicted molar refractivity (Wildman–Crippen MR) is 260 cm³/mol. The van der Waals surface area contributed by atoms with Crippen molar-refractivity contribution in [2.45, 2.75) is 65.2 Å². The number of carboxylic acids is 2. The van der Waals surface area contributed by atoms with E-state index in [0.717, 1.165) is 117 Å². The Morgan fingerprint density at radius 2 is 1.05 bits per heavy atom. The number of thiophene rings is 4. The number of nitriles is 2. The summed E-state index contributed by atoms with van der Waals surface area (Å²) in [5, 5.41) is 37.1. The van der Waals surface area contributed by atoms with Crippen LogP contribution in [0, 0.1) is 22.7 Å². The van der Waals surface area contributed by atoms with Crippen LogP contribution in [0.3, 0.4) is 0 Å². The maximum absolute atomic E-state index is 11.4. The molecule has 320 valence electrons. The zero-order valence-corrected chi connectivity index (χ0v) is 38.2. The van der Waals surface area contributed by atoms with Gasteiger partial charge in [0.05, 0.1) is 18.9 Å². The minimum atomic E-state index is -1.24. The van der Waals surface area contributed by atoms with Crippen LogP contribution in [0.1, 0.15) is 75.0 Å². The lowest BCUT2D eigenvalue weighted by Crippen LogP contribution is -2.12. The zero-order chi connectivity index (χ0) is 44.3. The Kier molecular flexibility index (Phi) is 15.1. The second-order valence-corrected chi connectivity index (χ2v) is 19.2. The fourth-order valence-electron chi connectivity index (χ4n) is 6.99. The van der Waals surface area contributed by atoms with Gasteiger partial charge in [-0.15, -0.1) is 45.3 Å². The van der Waals surface area contributed by atoms with Gasteiger partial charge in [0.1, 0.15) is 34.8 Å². The molecule has 3 aromatic carbocycles. The lowest BCUT2D eigenvalue weighted by molar-refractivity contribution is -0.133. The summed E-state index contributed by atoms with van der Waals surface area (Å²) in [6.45, 7) is 5.63. The van der Waals surface area contributed by atoms with Gasteiger partial charge in [-0.1, -0.05) is 76.6 Å². The first-order valence-electron chi connectivity index (χ1n) is 20.9. The quantitative estimate of drug-likeness (QED) is 0.0409. The summed E-state index contributed by atoms with van der Waals surface area (Å²) in [4.78, 5) is 28.6. The maximum Gasteiger partial charge on any atom is 0.346 e. The van der Waals surface area contributed by atoms with Crippen molar-refractivity contribution in [2.24, 2.45) is 0 Å². The number of aliphatic carboxylic acids is 2. The molecular weight excluding hydrogens is 867 g/mol. The van der Waals surface area contributed by atoms with Crippen LogP contribution in [0.4, 0.5) is 17.1 Å². The number of carbonyl (C=O) groups is 2. The minimum Gasteiger partial charge on any atom is -0.493 e. The van der Waals surface area contributed by atoms with E-state index in [1.807, 2.05) is 24.3 Å². The normalized spacial score (nSPS) is 11.7. The number of rotatable bonds is 21. The van der Waals surface area contributed by atoms with E-state index in [1.54, 1.807) is 34.8 Å². The van der Waals surface area contributed by atoms with Crippen molar-refractivity contribution in [3.63, 3.8) is 0 Å². The summed E-state index contributed by atoms with van der Waals surface area (Å²) in [6, 6.07) is 34.6. The van der Waals surface area contributed by atoms with Crippen molar-refractivity contribution in [3.8, 4) is 44.5 Å². The van der Waals surface area contributed by atoms with Gasteiger partial charge in [-0.3, -0.25) is 0 Å². The number of fused-ring (bicyclic) bond motifs is 2. The van der Waals surface area contributed by atoms with Crippen LogP contribution in [-0.2, 0) is 9.59 Å². The van der Waals surface area contributed by atoms with Gasteiger partial charge in [-0.2, -0.15) is 10.5 Å². The Labute approximate surface area is 382 Å². The highest BCUT2D eigenvalue weighted by molar-refractivity contribution is 7.30. The molecule has 9 nitrogen and oxygen atoms in total. The van der Waals surface area contributed by atoms with Crippen molar-refractivity contribution >= 4 is 105 Å². The van der Waals surface area contributed by atoms with Crippen LogP contribution in [0.2, 0.25) is 0 Å². The van der Waals surface area contributed by atoms with Crippen LogP contribution < -0.4 is 14.4 Å². The summed E-state index contributed by atoms with van der Waals surface area (Å²) in [5.74, 6) is -0.967. The van der Waals surface area contributed by atoms with E-state index in [9.17, 15) is 30.3 Å². The Morgan fingerprint density at radius 1 is 0.587 bits per heavy atom. The van der Waals surface area contributed by atoms with Crippen LogP contribution in [0.25, 0.3) is 51.8 Å². The molecule has 13 heteroatoms. The van der Waals surface area contributed by atoms with E-state index in [1.165, 1.54) is 47.7 Å². The molecule has 4 aromatic heterocycles. The topological polar surface area (TPSA) is 144 Å². The van der Waals surface area contributed by atoms with E-state index in [4.69, 9.17) is 9.47 Å². The average molecular weight is 912 g/mol. The first-order valence-corrected chi connectivity index (χ1v) is 24.1. The monoisotopic (exact) mass is 911 g/mol. The van der Waals surface area contributed by atoms with Gasteiger partial charge in [0.25, 0.3) is 0 Å². The van der Waals surface area contributed by atoms with E-state index >= 15 is 0 Å². The standard InChI is InChI=1S/C50H45N3O6S4/c1-3-5-7-9-21-58-38-19-20-41(42(25-38)59-22-10-8-6-4-2)53(36-15-11-32(12-16-36)43-28-47-45(62-43)26-39(60-47)23-34(30-51)49(54)55)37-17-13-33(14-18-37)44-29-48-46(63-44)27-40(61-48)24-35(31-52)50(56)57/h11-20,23-29H,3-10,21-22H2,1-2H3,(H,54,55)(H,56,57)/b34-23+,35-24+. The van der Waals surface area contributed by atoms with Gasteiger partial charge in [-0.05, 0) is 96.8 Å². The Morgan fingerprint density at radius 3 is 1.48 bits per heavy atom. The van der Waals surface area contributed by atoms with Crippen molar-refractivity contribution in [1.82, 2.24) is 0 Å². The number of anilines is 3. The molecule has 0 saturated carbocycles.